The van der Waals surface area contributed by atoms with Crippen LogP contribution >= 0.6 is 11.6 Å². The number of aromatic amines is 1. The van der Waals surface area contributed by atoms with Gasteiger partial charge in [0.2, 0.25) is 5.78 Å². The van der Waals surface area contributed by atoms with E-state index in [0.717, 1.165) is 46.1 Å². The summed E-state index contributed by atoms with van der Waals surface area (Å²) in [6.07, 6.45) is 3.54. The maximum atomic E-state index is 12.8. The van der Waals surface area contributed by atoms with Crippen molar-refractivity contribution in [3.8, 4) is 0 Å². The number of hydrogen-bond donors (Lipinski definition) is 1. The first-order chi connectivity index (χ1) is 10.7. The largest absolute Gasteiger partial charge is 0.352 e. The smallest absolute Gasteiger partial charge is 0.205 e. The number of allylic oxidation sites excluding steroid dienone is 1. The molecule has 1 aliphatic rings. The zero-order chi connectivity index (χ0) is 15.1. The summed E-state index contributed by atoms with van der Waals surface area (Å²) in [6, 6.07) is 15.7. The van der Waals surface area contributed by atoms with E-state index in [1.807, 2.05) is 48.5 Å². The minimum Gasteiger partial charge on any atom is -0.352 e. The first kappa shape index (κ1) is 13.4. The summed E-state index contributed by atoms with van der Waals surface area (Å²) in [6.45, 7) is 0. The fourth-order valence-corrected chi connectivity index (χ4v) is 3.30. The van der Waals surface area contributed by atoms with Crippen molar-refractivity contribution in [3.63, 3.8) is 0 Å². The first-order valence-electron chi connectivity index (χ1n) is 7.33. The number of benzene rings is 2. The zero-order valence-electron chi connectivity index (χ0n) is 11.9. The van der Waals surface area contributed by atoms with Crippen LogP contribution in [0.1, 0.15) is 28.0 Å². The Morgan fingerprint density at radius 1 is 1.00 bits per heavy atom. The fourth-order valence-electron chi connectivity index (χ4n) is 3.10. The molecule has 2 nitrogen and oxygen atoms in total. The van der Waals surface area contributed by atoms with Crippen LogP contribution in [0, 0.1) is 0 Å². The molecule has 0 amide bonds. The molecule has 1 N–H and O–H groups in total. The van der Waals surface area contributed by atoms with Gasteiger partial charge in [-0.25, -0.2) is 0 Å². The highest BCUT2D eigenvalue weighted by molar-refractivity contribution is 6.32. The van der Waals surface area contributed by atoms with Crippen molar-refractivity contribution < 1.29 is 4.79 Å². The molecule has 0 spiro atoms. The van der Waals surface area contributed by atoms with Gasteiger partial charge in [0.05, 0.1) is 5.69 Å². The maximum absolute atomic E-state index is 12.8. The van der Waals surface area contributed by atoms with Gasteiger partial charge in [0.25, 0.3) is 0 Å². The Balaban J connectivity index is 1.81. The Bertz CT molecular complexity index is 920. The normalized spacial score (nSPS) is 16.2. The van der Waals surface area contributed by atoms with Crippen molar-refractivity contribution in [1.82, 2.24) is 4.98 Å². The highest BCUT2D eigenvalue weighted by atomic mass is 35.5. The molecule has 0 bridgehead atoms. The number of rotatable bonds is 1. The molecule has 1 aromatic heterocycles. The minimum absolute atomic E-state index is 0.0809. The van der Waals surface area contributed by atoms with Crippen molar-refractivity contribution in [1.29, 1.82) is 0 Å². The predicted octanol–water partition coefficient (Wildman–Crippen LogP) is 5.03. The van der Waals surface area contributed by atoms with Gasteiger partial charge in [-0.15, -0.1) is 0 Å². The Morgan fingerprint density at radius 2 is 1.77 bits per heavy atom. The summed E-state index contributed by atoms with van der Waals surface area (Å²) < 4.78 is 0. The third-order valence-corrected chi connectivity index (χ3v) is 4.56. The highest BCUT2D eigenvalue weighted by Crippen LogP contribution is 2.32. The van der Waals surface area contributed by atoms with Crippen LogP contribution in [-0.2, 0) is 6.42 Å². The quantitative estimate of drug-likeness (QED) is 0.628. The molecule has 2 aromatic carbocycles. The third kappa shape index (κ3) is 2.08. The van der Waals surface area contributed by atoms with E-state index in [0.29, 0.717) is 5.02 Å². The molecule has 0 unspecified atom stereocenters. The fraction of sp³-hybridized carbons (Fsp3) is 0.105. The molecule has 0 saturated carbocycles. The number of hydrogen-bond acceptors (Lipinski definition) is 1. The van der Waals surface area contributed by atoms with Crippen molar-refractivity contribution in [2.45, 2.75) is 12.8 Å². The number of para-hydroxylation sites is 1. The number of halogens is 1. The van der Waals surface area contributed by atoms with Gasteiger partial charge in [-0.3, -0.25) is 4.79 Å². The molecule has 0 fully saturated rings. The SMILES string of the molecule is O=C1/C(=C\c2ccccc2Cl)CCc2c1[nH]c1ccccc21. The molecule has 4 rings (SSSR count). The minimum atomic E-state index is 0.0809. The van der Waals surface area contributed by atoms with Crippen LogP contribution in [0.15, 0.2) is 54.1 Å². The Hall–Kier alpha value is -2.32. The van der Waals surface area contributed by atoms with Gasteiger partial charge in [0.15, 0.2) is 0 Å². The van der Waals surface area contributed by atoms with E-state index in [-0.39, 0.29) is 5.78 Å². The number of aryl methyl sites for hydroxylation is 1. The number of nitrogens with one attached hydrogen (secondary N) is 1. The van der Waals surface area contributed by atoms with E-state index in [4.69, 9.17) is 11.6 Å². The number of carbonyl (C=O) groups is 1. The van der Waals surface area contributed by atoms with Gasteiger partial charge in [0, 0.05) is 21.5 Å². The Morgan fingerprint density at radius 3 is 2.64 bits per heavy atom. The van der Waals surface area contributed by atoms with Gasteiger partial charge >= 0.3 is 0 Å². The summed E-state index contributed by atoms with van der Waals surface area (Å²) in [5.41, 5.74) is 4.60. The van der Waals surface area contributed by atoms with Crippen molar-refractivity contribution in [3.05, 3.63) is 75.9 Å². The molecular formula is C19H14ClNO. The molecule has 0 aliphatic heterocycles. The summed E-state index contributed by atoms with van der Waals surface area (Å²) in [5.74, 6) is 0.0809. The molecule has 3 heteroatoms. The highest BCUT2D eigenvalue weighted by Gasteiger charge is 2.25. The van der Waals surface area contributed by atoms with Crippen LogP contribution in [0.5, 0.6) is 0 Å². The topological polar surface area (TPSA) is 32.9 Å². The average Bonchev–Trinajstić information content (AvgIpc) is 2.92. The van der Waals surface area contributed by atoms with E-state index >= 15 is 0 Å². The van der Waals surface area contributed by atoms with Crippen molar-refractivity contribution >= 4 is 34.4 Å². The lowest BCUT2D eigenvalue weighted by molar-refractivity contribution is 0.102. The molecule has 1 heterocycles. The Kier molecular flexibility index (Phi) is 3.12. The van der Waals surface area contributed by atoms with Crippen LogP contribution in [-0.4, -0.2) is 10.8 Å². The summed E-state index contributed by atoms with van der Waals surface area (Å²) in [7, 11) is 0. The molecule has 0 radical (unpaired) electrons. The van der Waals surface area contributed by atoms with Gasteiger partial charge in [-0.2, -0.15) is 0 Å². The number of fused-ring (bicyclic) bond motifs is 3. The van der Waals surface area contributed by atoms with E-state index < -0.39 is 0 Å². The van der Waals surface area contributed by atoms with Gasteiger partial charge in [-0.1, -0.05) is 48.0 Å². The third-order valence-electron chi connectivity index (χ3n) is 4.21. The van der Waals surface area contributed by atoms with E-state index in [2.05, 4.69) is 11.1 Å². The lowest BCUT2D eigenvalue weighted by Gasteiger charge is -2.14. The van der Waals surface area contributed by atoms with E-state index in [1.54, 1.807) is 0 Å². The second-order valence-electron chi connectivity index (χ2n) is 5.54. The van der Waals surface area contributed by atoms with Gasteiger partial charge in [-0.05, 0) is 42.2 Å². The molecular weight excluding hydrogens is 294 g/mol. The molecule has 22 heavy (non-hydrogen) atoms. The number of Topliss-reactive ketones (excluding diaryl/α,β-unsaturated/α-hetero) is 1. The van der Waals surface area contributed by atoms with Gasteiger partial charge < -0.3 is 4.98 Å². The standard InChI is InChI=1S/C19H14ClNO/c20-16-7-3-1-5-12(16)11-13-9-10-15-14-6-2-4-8-17(14)21-18(15)19(13)22/h1-8,11,21H,9-10H2/b13-11-. The Labute approximate surface area is 133 Å². The first-order valence-corrected chi connectivity index (χ1v) is 7.71. The molecule has 3 aromatic rings. The lowest BCUT2D eigenvalue weighted by atomic mass is 9.89. The molecule has 108 valence electrons. The number of H-pyrrole nitrogens is 1. The van der Waals surface area contributed by atoms with E-state index in [9.17, 15) is 4.79 Å². The second kappa shape index (κ2) is 5.15. The monoisotopic (exact) mass is 307 g/mol. The van der Waals surface area contributed by atoms with Crippen LogP contribution in [0.25, 0.3) is 17.0 Å². The second-order valence-corrected chi connectivity index (χ2v) is 5.95. The summed E-state index contributed by atoms with van der Waals surface area (Å²) in [4.78, 5) is 16.0. The van der Waals surface area contributed by atoms with Crippen molar-refractivity contribution in [2.75, 3.05) is 0 Å². The average molecular weight is 308 g/mol. The molecule has 0 saturated heterocycles. The van der Waals surface area contributed by atoms with Crippen LogP contribution in [0.2, 0.25) is 5.02 Å². The maximum Gasteiger partial charge on any atom is 0.205 e. The van der Waals surface area contributed by atoms with E-state index in [1.165, 1.54) is 0 Å². The molecule has 0 atom stereocenters. The van der Waals surface area contributed by atoms with Crippen LogP contribution < -0.4 is 0 Å². The predicted molar refractivity (Wildman–Crippen MR) is 90.4 cm³/mol. The molecule has 1 aliphatic carbocycles. The number of ketones is 1. The summed E-state index contributed by atoms with van der Waals surface area (Å²) in [5, 5.41) is 1.83. The zero-order valence-corrected chi connectivity index (χ0v) is 12.7. The van der Waals surface area contributed by atoms with Crippen molar-refractivity contribution in [2.24, 2.45) is 0 Å². The lowest BCUT2D eigenvalue weighted by Crippen LogP contribution is -2.13. The number of carbonyl (C=O) groups excluding carboxylic acids is 1. The van der Waals surface area contributed by atoms with Gasteiger partial charge in [0.1, 0.15) is 0 Å². The number of aromatic nitrogens is 1. The summed E-state index contributed by atoms with van der Waals surface area (Å²) >= 11 is 6.19. The van der Waals surface area contributed by atoms with Crippen LogP contribution in [0.3, 0.4) is 0 Å². The van der Waals surface area contributed by atoms with Crippen LogP contribution in [0.4, 0.5) is 0 Å².